The molecule has 0 unspecified atom stereocenters. The lowest BCUT2D eigenvalue weighted by molar-refractivity contribution is 0.0730. The molecule has 0 aliphatic carbocycles. The van der Waals surface area contributed by atoms with E-state index in [-0.39, 0.29) is 5.91 Å². The summed E-state index contributed by atoms with van der Waals surface area (Å²) in [5.74, 6) is 1.30. The summed E-state index contributed by atoms with van der Waals surface area (Å²) >= 11 is 0. The van der Waals surface area contributed by atoms with Gasteiger partial charge in [-0.15, -0.1) is 0 Å². The number of aromatic nitrogens is 3. The SMILES string of the molecule is Cc1noc(C)c1C(=O)N1CCc2[nH]nc(COc3ccccc3)c2C1. The van der Waals surface area contributed by atoms with Gasteiger partial charge in [-0.25, -0.2) is 0 Å². The Morgan fingerprint density at radius 1 is 1.31 bits per heavy atom. The first kappa shape index (κ1) is 16.4. The van der Waals surface area contributed by atoms with Crippen molar-refractivity contribution >= 4 is 5.91 Å². The molecule has 0 saturated heterocycles. The molecule has 1 amide bonds. The second kappa shape index (κ2) is 6.67. The summed E-state index contributed by atoms with van der Waals surface area (Å²) < 4.78 is 10.9. The van der Waals surface area contributed by atoms with E-state index < -0.39 is 0 Å². The Balaban J connectivity index is 1.51. The predicted molar refractivity (Wildman–Crippen MR) is 93.8 cm³/mol. The van der Waals surface area contributed by atoms with E-state index in [1.54, 1.807) is 13.8 Å². The fourth-order valence-corrected chi connectivity index (χ4v) is 3.26. The van der Waals surface area contributed by atoms with Crippen LogP contribution in [0, 0.1) is 13.8 Å². The summed E-state index contributed by atoms with van der Waals surface area (Å²) in [6.07, 6.45) is 0.739. The molecule has 3 heterocycles. The molecule has 26 heavy (non-hydrogen) atoms. The highest BCUT2D eigenvalue weighted by Gasteiger charge is 2.29. The minimum Gasteiger partial charge on any atom is -0.487 e. The quantitative estimate of drug-likeness (QED) is 0.780. The highest BCUT2D eigenvalue weighted by molar-refractivity contribution is 5.96. The molecule has 0 bridgehead atoms. The van der Waals surface area contributed by atoms with E-state index in [0.717, 1.165) is 29.1 Å². The number of H-pyrrole nitrogens is 1. The third kappa shape index (κ3) is 2.96. The molecule has 1 aliphatic heterocycles. The Morgan fingerprint density at radius 3 is 2.85 bits per heavy atom. The lowest BCUT2D eigenvalue weighted by Crippen LogP contribution is -2.36. The van der Waals surface area contributed by atoms with Crippen LogP contribution in [-0.4, -0.2) is 32.7 Å². The molecule has 134 valence electrons. The number of fused-ring (bicyclic) bond motifs is 1. The summed E-state index contributed by atoms with van der Waals surface area (Å²) in [6.45, 7) is 5.05. The molecule has 1 N–H and O–H groups in total. The molecule has 0 spiro atoms. The van der Waals surface area contributed by atoms with Crippen molar-refractivity contribution in [1.29, 1.82) is 0 Å². The summed E-state index contributed by atoms with van der Waals surface area (Å²) in [6, 6.07) is 9.62. The Bertz CT molecular complexity index is 910. The average molecular weight is 352 g/mol. The van der Waals surface area contributed by atoms with Gasteiger partial charge in [0.1, 0.15) is 29.4 Å². The number of aromatic amines is 1. The number of para-hydroxylation sites is 1. The zero-order valence-corrected chi connectivity index (χ0v) is 14.8. The smallest absolute Gasteiger partial charge is 0.259 e. The lowest BCUT2D eigenvalue weighted by atomic mass is 10.0. The predicted octanol–water partition coefficient (Wildman–Crippen LogP) is 2.79. The van der Waals surface area contributed by atoms with Crippen LogP contribution >= 0.6 is 0 Å². The van der Waals surface area contributed by atoms with Crippen LogP contribution in [0.5, 0.6) is 5.75 Å². The van der Waals surface area contributed by atoms with Crippen molar-refractivity contribution in [2.45, 2.75) is 33.4 Å². The van der Waals surface area contributed by atoms with Crippen LogP contribution in [0.15, 0.2) is 34.9 Å². The van der Waals surface area contributed by atoms with Gasteiger partial charge in [-0.1, -0.05) is 23.4 Å². The van der Waals surface area contributed by atoms with Gasteiger partial charge < -0.3 is 14.2 Å². The minimum atomic E-state index is -0.0528. The van der Waals surface area contributed by atoms with E-state index in [9.17, 15) is 4.79 Å². The zero-order chi connectivity index (χ0) is 18.1. The number of nitrogens with one attached hydrogen (secondary N) is 1. The van der Waals surface area contributed by atoms with Gasteiger partial charge >= 0.3 is 0 Å². The van der Waals surface area contributed by atoms with E-state index in [2.05, 4.69) is 15.4 Å². The molecule has 0 fully saturated rings. The second-order valence-electron chi connectivity index (χ2n) is 6.41. The Morgan fingerprint density at radius 2 is 2.12 bits per heavy atom. The summed E-state index contributed by atoms with van der Waals surface area (Å²) in [5, 5.41) is 11.4. The number of hydrogen-bond acceptors (Lipinski definition) is 5. The third-order valence-electron chi connectivity index (χ3n) is 4.67. The number of rotatable bonds is 4. The zero-order valence-electron chi connectivity index (χ0n) is 14.8. The molecular weight excluding hydrogens is 332 g/mol. The molecule has 1 aromatic carbocycles. The molecule has 0 atom stereocenters. The minimum absolute atomic E-state index is 0.0528. The monoisotopic (exact) mass is 352 g/mol. The van der Waals surface area contributed by atoms with Crippen LogP contribution in [-0.2, 0) is 19.6 Å². The first-order valence-corrected chi connectivity index (χ1v) is 8.58. The van der Waals surface area contributed by atoms with Crippen LogP contribution in [0.4, 0.5) is 0 Å². The van der Waals surface area contributed by atoms with Crippen molar-refractivity contribution in [3.8, 4) is 5.75 Å². The molecule has 0 radical (unpaired) electrons. The average Bonchev–Trinajstić information content (AvgIpc) is 3.22. The van der Waals surface area contributed by atoms with Gasteiger partial charge in [-0.3, -0.25) is 9.89 Å². The van der Waals surface area contributed by atoms with Gasteiger partial charge in [0.25, 0.3) is 5.91 Å². The lowest BCUT2D eigenvalue weighted by Gasteiger charge is -2.27. The van der Waals surface area contributed by atoms with E-state index in [1.807, 2.05) is 35.2 Å². The maximum Gasteiger partial charge on any atom is 0.259 e. The Labute approximate surface area is 150 Å². The number of nitrogens with zero attached hydrogens (tertiary/aromatic N) is 3. The van der Waals surface area contributed by atoms with Crippen molar-refractivity contribution in [2.75, 3.05) is 6.54 Å². The van der Waals surface area contributed by atoms with Crippen molar-refractivity contribution in [2.24, 2.45) is 0 Å². The fourth-order valence-electron chi connectivity index (χ4n) is 3.26. The van der Waals surface area contributed by atoms with Crippen LogP contribution < -0.4 is 4.74 Å². The Kier molecular flexibility index (Phi) is 4.20. The first-order chi connectivity index (χ1) is 12.6. The second-order valence-corrected chi connectivity index (χ2v) is 6.41. The van der Waals surface area contributed by atoms with Crippen LogP contribution in [0.2, 0.25) is 0 Å². The maximum atomic E-state index is 12.9. The maximum absolute atomic E-state index is 12.9. The van der Waals surface area contributed by atoms with Gasteiger partial charge in [0.2, 0.25) is 0 Å². The number of hydrogen-bond donors (Lipinski definition) is 1. The molecular formula is C19H20N4O3. The highest BCUT2D eigenvalue weighted by Crippen LogP contribution is 2.24. The molecule has 1 aliphatic rings. The van der Waals surface area contributed by atoms with Crippen molar-refractivity contribution in [1.82, 2.24) is 20.3 Å². The van der Waals surface area contributed by atoms with Gasteiger partial charge in [-0.2, -0.15) is 5.10 Å². The molecule has 3 aromatic rings. The number of benzene rings is 1. The first-order valence-electron chi connectivity index (χ1n) is 8.58. The molecule has 7 heteroatoms. The van der Waals surface area contributed by atoms with E-state index >= 15 is 0 Å². The number of amides is 1. The summed E-state index contributed by atoms with van der Waals surface area (Å²) in [5.41, 5.74) is 4.11. The van der Waals surface area contributed by atoms with Crippen molar-refractivity contribution < 1.29 is 14.1 Å². The number of aryl methyl sites for hydroxylation is 2. The van der Waals surface area contributed by atoms with Gasteiger partial charge in [0.15, 0.2) is 0 Å². The third-order valence-corrected chi connectivity index (χ3v) is 4.67. The van der Waals surface area contributed by atoms with Crippen LogP contribution in [0.1, 0.15) is 38.8 Å². The highest BCUT2D eigenvalue weighted by atomic mass is 16.5. The fraction of sp³-hybridized carbons (Fsp3) is 0.316. The summed E-state index contributed by atoms with van der Waals surface area (Å²) in [7, 11) is 0. The van der Waals surface area contributed by atoms with Crippen LogP contribution in [0.25, 0.3) is 0 Å². The largest absolute Gasteiger partial charge is 0.487 e. The van der Waals surface area contributed by atoms with E-state index in [0.29, 0.717) is 36.7 Å². The molecule has 4 rings (SSSR count). The number of ether oxygens (including phenoxy) is 1. The van der Waals surface area contributed by atoms with Gasteiger partial charge in [0.05, 0.1) is 5.69 Å². The van der Waals surface area contributed by atoms with Crippen molar-refractivity contribution in [3.05, 3.63) is 64.3 Å². The molecule has 0 saturated carbocycles. The topological polar surface area (TPSA) is 84.3 Å². The summed E-state index contributed by atoms with van der Waals surface area (Å²) in [4.78, 5) is 14.7. The van der Waals surface area contributed by atoms with E-state index in [1.165, 1.54) is 0 Å². The standard InChI is InChI=1S/C19H20N4O3/c1-12-18(13(2)26-22-12)19(24)23-9-8-16-15(10-23)17(21-20-16)11-25-14-6-4-3-5-7-14/h3-7H,8-11H2,1-2H3,(H,20,21). The van der Waals surface area contributed by atoms with Gasteiger partial charge in [0, 0.05) is 30.8 Å². The molecule has 2 aromatic heterocycles. The van der Waals surface area contributed by atoms with E-state index in [4.69, 9.17) is 9.26 Å². The normalized spacial score (nSPS) is 13.5. The van der Waals surface area contributed by atoms with Crippen LogP contribution in [0.3, 0.4) is 0 Å². The van der Waals surface area contributed by atoms with Gasteiger partial charge in [-0.05, 0) is 26.0 Å². The number of carbonyl (C=O) groups is 1. The Hall–Kier alpha value is -3.09. The van der Waals surface area contributed by atoms with Crippen molar-refractivity contribution in [3.63, 3.8) is 0 Å². The number of carbonyl (C=O) groups excluding carboxylic acids is 1. The molecule has 7 nitrogen and oxygen atoms in total.